The van der Waals surface area contributed by atoms with Crippen LogP contribution in [-0.4, -0.2) is 120 Å². The number of Topliss-reactive ketones (excluding diaryl/α,β-unsaturated/α-hetero) is 2. The van der Waals surface area contributed by atoms with Crippen LogP contribution in [0.5, 0.6) is 0 Å². The molecular weight excluding hydrogens is 929 g/mol. The average molecular weight is 1010 g/mol. The van der Waals surface area contributed by atoms with Crippen LogP contribution in [0.25, 0.3) is 10.2 Å². The highest BCUT2D eigenvalue weighted by Gasteiger charge is 2.43. The van der Waals surface area contributed by atoms with Gasteiger partial charge in [-0.3, -0.25) is 28.9 Å². The monoisotopic (exact) mass is 1000 g/mol. The SMILES string of the molecule is C[C@@H](C(=O)N[C@H](C(=O)N1CCC[C@H]1C(=O)C[C@H](C(=O)NCCCCCCCC(=O)c1cccc2sc(N3CCOCC3)nc12)C(c1ccccc1)c1ccccc1)C1CCCCC1)N(C)C(=O)OC(C)(C)C. The van der Waals surface area contributed by atoms with Crippen LogP contribution >= 0.6 is 11.3 Å². The van der Waals surface area contributed by atoms with Crippen molar-refractivity contribution in [2.75, 3.05) is 51.3 Å². The van der Waals surface area contributed by atoms with Gasteiger partial charge in [-0.1, -0.05) is 117 Å². The molecule has 1 saturated carbocycles. The first-order valence-corrected chi connectivity index (χ1v) is 27.2. The number of hydrogen-bond acceptors (Lipinski definition) is 11. The molecule has 15 heteroatoms. The number of nitrogens with zero attached hydrogens (tertiary/aromatic N) is 4. The van der Waals surface area contributed by atoms with Crippen LogP contribution in [0.1, 0.15) is 145 Å². The molecule has 0 unspecified atom stereocenters. The molecule has 0 spiro atoms. The number of likely N-dealkylation sites (tertiary alicyclic amines) is 1. The first-order valence-electron chi connectivity index (χ1n) is 26.4. The van der Waals surface area contributed by atoms with E-state index in [9.17, 15) is 28.8 Å². The fourth-order valence-corrected chi connectivity index (χ4v) is 11.5. The number of ketones is 2. The van der Waals surface area contributed by atoms with Crippen molar-refractivity contribution < 1.29 is 38.2 Å². The van der Waals surface area contributed by atoms with Crippen molar-refractivity contribution in [1.82, 2.24) is 25.4 Å². The molecule has 2 aliphatic heterocycles. The summed E-state index contributed by atoms with van der Waals surface area (Å²) in [5.74, 6) is -2.36. The molecule has 3 aromatic carbocycles. The number of carbonyl (C=O) groups excluding carboxylic acids is 6. The molecule has 0 bridgehead atoms. The number of fused-ring (bicyclic) bond motifs is 1. The summed E-state index contributed by atoms with van der Waals surface area (Å²) in [7, 11) is 1.51. The Balaban J connectivity index is 0.985. The zero-order chi connectivity index (χ0) is 51.2. The number of nitrogens with one attached hydrogen (secondary N) is 2. The first kappa shape index (κ1) is 54.1. The van der Waals surface area contributed by atoms with Gasteiger partial charge in [-0.05, 0) is 95.4 Å². The molecule has 1 aliphatic carbocycles. The number of para-hydroxylation sites is 1. The summed E-state index contributed by atoms with van der Waals surface area (Å²) in [4.78, 5) is 94.5. The Morgan fingerprint density at radius 1 is 0.792 bits per heavy atom. The van der Waals surface area contributed by atoms with E-state index in [1.165, 1.54) is 11.9 Å². The normalized spacial score (nSPS) is 17.8. The van der Waals surface area contributed by atoms with Crippen LogP contribution in [-0.2, 0) is 28.7 Å². The fraction of sp³-hybridized carbons (Fsp3) is 0.561. The molecule has 4 amide bonds. The molecule has 1 aromatic heterocycles. The summed E-state index contributed by atoms with van der Waals surface area (Å²) in [5.41, 5.74) is 2.54. The summed E-state index contributed by atoms with van der Waals surface area (Å²) in [5, 5.41) is 7.17. The highest BCUT2D eigenvalue weighted by molar-refractivity contribution is 7.22. The molecule has 0 radical (unpaired) electrons. The highest BCUT2D eigenvalue weighted by atomic mass is 32.1. The average Bonchev–Trinajstić information content (AvgIpc) is 4.07. The first-order chi connectivity index (χ1) is 34.7. The van der Waals surface area contributed by atoms with Crippen molar-refractivity contribution in [3.8, 4) is 0 Å². The second-order valence-electron chi connectivity index (χ2n) is 20.9. The van der Waals surface area contributed by atoms with Gasteiger partial charge in [0.25, 0.3) is 0 Å². The number of thiazole rings is 1. The van der Waals surface area contributed by atoms with Gasteiger partial charge < -0.3 is 29.9 Å². The Morgan fingerprint density at radius 3 is 2.11 bits per heavy atom. The second kappa shape index (κ2) is 25.8. The third kappa shape index (κ3) is 14.3. The number of benzene rings is 3. The minimum absolute atomic E-state index is 0.0793. The molecule has 388 valence electrons. The number of amides is 4. The topological polar surface area (TPSA) is 168 Å². The van der Waals surface area contributed by atoms with E-state index in [-0.39, 0.29) is 35.7 Å². The van der Waals surface area contributed by atoms with Gasteiger partial charge in [-0.25, -0.2) is 9.78 Å². The zero-order valence-electron chi connectivity index (χ0n) is 43.1. The number of hydrogen-bond donors (Lipinski definition) is 2. The summed E-state index contributed by atoms with van der Waals surface area (Å²) in [6.07, 6.45) is 9.43. The highest BCUT2D eigenvalue weighted by Crippen LogP contribution is 2.37. The quantitative estimate of drug-likeness (QED) is 0.0572. The molecule has 3 heterocycles. The van der Waals surface area contributed by atoms with Gasteiger partial charge in [0.2, 0.25) is 17.7 Å². The van der Waals surface area contributed by atoms with Crippen LogP contribution in [0, 0.1) is 11.8 Å². The maximum atomic E-state index is 14.8. The fourth-order valence-electron chi connectivity index (χ4n) is 10.5. The number of ether oxygens (including phenoxy) is 2. The number of likely N-dealkylation sites (N-methyl/N-ethyl adjacent to an activating group) is 1. The predicted octanol–water partition coefficient (Wildman–Crippen LogP) is 9.49. The molecule has 2 saturated heterocycles. The van der Waals surface area contributed by atoms with Crippen molar-refractivity contribution >= 4 is 62.1 Å². The summed E-state index contributed by atoms with van der Waals surface area (Å²) < 4.78 is 12.0. The van der Waals surface area contributed by atoms with E-state index in [4.69, 9.17) is 14.5 Å². The lowest BCUT2D eigenvalue weighted by Gasteiger charge is -2.36. The molecular formula is C57H76N6O8S. The van der Waals surface area contributed by atoms with Crippen LogP contribution in [0.15, 0.2) is 78.9 Å². The summed E-state index contributed by atoms with van der Waals surface area (Å²) >= 11 is 1.62. The molecule has 4 aromatic rings. The van der Waals surface area contributed by atoms with E-state index in [1.807, 2.05) is 78.9 Å². The lowest BCUT2D eigenvalue weighted by Crippen LogP contribution is -2.58. The Hall–Kier alpha value is -5.67. The third-order valence-corrected chi connectivity index (χ3v) is 15.7. The number of aromatic nitrogens is 1. The minimum Gasteiger partial charge on any atom is -0.444 e. The molecule has 7 rings (SSSR count). The number of carbonyl (C=O) groups is 6. The largest absolute Gasteiger partial charge is 0.444 e. The van der Waals surface area contributed by atoms with Crippen molar-refractivity contribution in [2.45, 2.75) is 147 Å². The Bertz CT molecular complexity index is 2410. The van der Waals surface area contributed by atoms with Gasteiger partial charge in [0, 0.05) is 57.5 Å². The molecule has 2 N–H and O–H groups in total. The van der Waals surface area contributed by atoms with Crippen LogP contribution in [0.3, 0.4) is 0 Å². The molecule has 72 heavy (non-hydrogen) atoms. The number of anilines is 1. The van der Waals surface area contributed by atoms with E-state index in [2.05, 4.69) is 15.5 Å². The second-order valence-corrected chi connectivity index (χ2v) is 21.9. The maximum absolute atomic E-state index is 14.8. The van der Waals surface area contributed by atoms with Gasteiger partial charge in [-0.15, -0.1) is 0 Å². The molecule has 4 atom stereocenters. The summed E-state index contributed by atoms with van der Waals surface area (Å²) in [6.45, 7) is 10.6. The van der Waals surface area contributed by atoms with Crippen LogP contribution < -0.4 is 15.5 Å². The van der Waals surface area contributed by atoms with Crippen molar-refractivity contribution in [2.24, 2.45) is 11.8 Å². The van der Waals surface area contributed by atoms with Crippen LogP contribution in [0.2, 0.25) is 0 Å². The van der Waals surface area contributed by atoms with E-state index in [0.717, 1.165) is 104 Å². The molecule has 3 fully saturated rings. The molecule has 14 nitrogen and oxygen atoms in total. The van der Waals surface area contributed by atoms with Crippen molar-refractivity contribution in [3.05, 3.63) is 95.6 Å². The summed E-state index contributed by atoms with van der Waals surface area (Å²) in [6, 6.07) is 23.0. The Morgan fingerprint density at radius 2 is 1.44 bits per heavy atom. The number of unbranched alkanes of at least 4 members (excludes halogenated alkanes) is 4. The zero-order valence-corrected chi connectivity index (χ0v) is 43.9. The van der Waals surface area contributed by atoms with Gasteiger partial charge in [0.05, 0.1) is 35.4 Å². The Kier molecular flexibility index (Phi) is 19.4. The van der Waals surface area contributed by atoms with E-state index in [0.29, 0.717) is 51.1 Å². The third-order valence-electron chi connectivity index (χ3n) is 14.6. The van der Waals surface area contributed by atoms with Crippen LogP contribution in [0.4, 0.5) is 9.93 Å². The number of rotatable bonds is 22. The predicted molar refractivity (Wildman–Crippen MR) is 282 cm³/mol. The van der Waals surface area contributed by atoms with E-state index >= 15 is 0 Å². The molecule has 3 aliphatic rings. The smallest absolute Gasteiger partial charge is 0.410 e. The lowest BCUT2D eigenvalue weighted by atomic mass is 9.77. The van der Waals surface area contributed by atoms with Crippen molar-refractivity contribution in [3.63, 3.8) is 0 Å². The van der Waals surface area contributed by atoms with Crippen molar-refractivity contribution in [1.29, 1.82) is 0 Å². The van der Waals surface area contributed by atoms with Gasteiger partial charge in [0.1, 0.15) is 17.7 Å². The standard InChI is InChI=1S/C57H76N6O8S/c1-39(61(5)56(69)71-57(2,3)4)52(66)59-50(42-26-16-11-17-27-42)54(68)63-33-21-29-45(63)47(65)38-44(49(40-22-12-9-13-23-40)41-24-14-10-15-25-41)53(67)58-32-19-8-6-7-18-30-46(64)43-28-20-31-48-51(43)60-55(72-48)62-34-36-70-37-35-62/h9-10,12-15,20,22-25,28,31,39,42,44-45,49-50H,6-8,11,16-19,21,26-27,29-30,32-38H2,1-5H3,(H,58,67)(H,59,66)/t39-,44-,45-,50-/m0/s1. The maximum Gasteiger partial charge on any atom is 0.410 e. The van der Waals surface area contributed by atoms with E-state index in [1.54, 1.807) is 43.9 Å². The van der Waals surface area contributed by atoms with Gasteiger partial charge in [-0.2, -0.15) is 0 Å². The van der Waals surface area contributed by atoms with Gasteiger partial charge in [0.15, 0.2) is 16.7 Å². The van der Waals surface area contributed by atoms with Gasteiger partial charge >= 0.3 is 6.09 Å². The number of morpholine rings is 1. The minimum atomic E-state index is -0.913. The van der Waals surface area contributed by atoms with E-state index < -0.39 is 47.6 Å². The lowest BCUT2D eigenvalue weighted by molar-refractivity contribution is -0.143. The Labute approximate surface area is 430 Å².